The number of nitrogens with zero attached hydrogens (tertiary/aromatic N) is 1. The molecule has 4 rings (SSSR count). The number of amides is 1. The zero-order valence-electron chi connectivity index (χ0n) is 19.7. The third-order valence-corrected chi connectivity index (χ3v) is 5.75. The standard InChI is InChI=1S/C26H28FNO6/c1-15(2)14-33-20-8-6-16(12-21(20)32-4)23-22-24(29)18-13-17(27)7-9-19(18)34-25(22)26(30)28(23)10-5-11-31-3/h6-9,12-13,15,23H,5,10-11,14H2,1-4H3. The highest BCUT2D eigenvalue weighted by Gasteiger charge is 2.42. The van der Waals surface area contributed by atoms with Crippen molar-refractivity contribution in [2.24, 2.45) is 5.92 Å². The van der Waals surface area contributed by atoms with Crippen molar-refractivity contribution in [2.75, 3.05) is 34.0 Å². The van der Waals surface area contributed by atoms with Crippen molar-refractivity contribution in [3.8, 4) is 11.5 Å². The van der Waals surface area contributed by atoms with Gasteiger partial charge in [-0.05, 0) is 48.2 Å². The van der Waals surface area contributed by atoms with Crippen LogP contribution in [0.1, 0.15) is 48.0 Å². The fourth-order valence-corrected chi connectivity index (χ4v) is 4.18. The molecule has 0 spiro atoms. The Morgan fingerprint density at radius 1 is 1.09 bits per heavy atom. The maximum absolute atomic E-state index is 13.9. The molecule has 8 heteroatoms. The van der Waals surface area contributed by atoms with Gasteiger partial charge >= 0.3 is 0 Å². The average molecular weight is 470 g/mol. The van der Waals surface area contributed by atoms with Crippen molar-refractivity contribution in [1.29, 1.82) is 0 Å². The van der Waals surface area contributed by atoms with Crippen molar-refractivity contribution >= 4 is 16.9 Å². The number of rotatable bonds is 9. The van der Waals surface area contributed by atoms with Gasteiger partial charge in [-0.25, -0.2) is 4.39 Å². The van der Waals surface area contributed by atoms with E-state index in [1.165, 1.54) is 19.2 Å². The van der Waals surface area contributed by atoms with Crippen LogP contribution in [-0.4, -0.2) is 44.8 Å². The Hall–Kier alpha value is -3.39. The van der Waals surface area contributed by atoms with E-state index < -0.39 is 23.2 Å². The molecule has 1 aliphatic heterocycles. The molecular formula is C26H28FNO6. The van der Waals surface area contributed by atoms with Crippen LogP contribution in [0.4, 0.5) is 4.39 Å². The summed E-state index contributed by atoms with van der Waals surface area (Å²) in [6.07, 6.45) is 0.571. The molecule has 0 fully saturated rings. The summed E-state index contributed by atoms with van der Waals surface area (Å²) in [5, 5.41) is 0.0964. The van der Waals surface area contributed by atoms with Crippen LogP contribution in [0, 0.1) is 11.7 Å². The Labute approximate surface area is 197 Å². The largest absolute Gasteiger partial charge is 0.493 e. The Morgan fingerprint density at radius 2 is 1.88 bits per heavy atom. The number of hydrogen-bond donors (Lipinski definition) is 0. The summed E-state index contributed by atoms with van der Waals surface area (Å²) < 4.78 is 36.3. The van der Waals surface area contributed by atoms with Crippen LogP contribution in [0.2, 0.25) is 0 Å². The molecule has 0 saturated carbocycles. The summed E-state index contributed by atoms with van der Waals surface area (Å²) >= 11 is 0. The van der Waals surface area contributed by atoms with E-state index in [1.807, 2.05) is 19.9 Å². The van der Waals surface area contributed by atoms with Crippen LogP contribution in [0.5, 0.6) is 11.5 Å². The van der Waals surface area contributed by atoms with E-state index in [-0.39, 0.29) is 22.3 Å². The number of benzene rings is 2. The molecule has 1 aromatic heterocycles. The van der Waals surface area contributed by atoms with Crippen molar-refractivity contribution in [3.63, 3.8) is 0 Å². The molecule has 1 aliphatic rings. The summed E-state index contributed by atoms with van der Waals surface area (Å²) in [4.78, 5) is 28.4. The Kier molecular flexibility index (Phi) is 6.88. The van der Waals surface area contributed by atoms with E-state index in [1.54, 1.807) is 24.1 Å². The molecule has 0 saturated heterocycles. The van der Waals surface area contributed by atoms with Crippen LogP contribution in [0.15, 0.2) is 45.6 Å². The van der Waals surface area contributed by atoms with Gasteiger partial charge in [0, 0.05) is 20.3 Å². The molecular weight excluding hydrogens is 441 g/mol. The summed E-state index contributed by atoms with van der Waals surface area (Å²) in [7, 11) is 3.13. The average Bonchev–Trinajstić information content (AvgIpc) is 3.10. The predicted octanol–water partition coefficient (Wildman–Crippen LogP) is 4.56. The van der Waals surface area contributed by atoms with Crippen LogP contribution < -0.4 is 14.9 Å². The van der Waals surface area contributed by atoms with Gasteiger partial charge in [0.25, 0.3) is 5.91 Å². The van der Waals surface area contributed by atoms with Gasteiger partial charge in [0.2, 0.25) is 5.76 Å². The van der Waals surface area contributed by atoms with E-state index in [0.717, 1.165) is 6.07 Å². The number of carbonyl (C=O) groups is 1. The lowest BCUT2D eigenvalue weighted by atomic mass is 9.98. The second-order valence-electron chi connectivity index (χ2n) is 8.68. The number of methoxy groups -OCH3 is 2. The molecule has 2 heterocycles. The second kappa shape index (κ2) is 9.85. The second-order valence-corrected chi connectivity index (χ2v) is 8.68. The van der Waals surface area contributed by atoms with E-state index >= 15 is 0 Å². The summed E-state index contributed by atoms with van der Waals surface area (Å²) in [6.45, 7) is 5.41. The first-order valence-corrected chi connectivity index (χ1v) is 11.2. The normalized spacial score (nSPS) is 15.3. The van der Waals surface area contributed by atoms with Crippen LogP contribution in [-0.2, 0) is 4.74 Å². The molecule has 1 amide bonds. The van der Waals surface area contributed by atoms with Crippen molar-refractivity contribution < 1.29 is 27.8 Å². The Morgan fingerprint density at radius 3 is 2.59 bits per heavy atom. The maximum atomic E-state index is 13.9. The number of fused-ring (bicyclic) bond motifs is 2. The Bertz CT molecular complexity index is 1270. The lowest BCUT2D eigenvalue weighted by molar-refractivity contribution is 0.0707. The van der Waals surface area contributed by atoms with Gasteiger partial charge in [-0.2, -0.15) is 0 Å². The minimum absolute atomic E-state index is 0.0226. The van der Waals surface area contributed by atoms with E-state index in [2.05, 4.69) is 0 Å². The number of ether oxygens (including phenoxy) is 3. The maximum Gasteiger partial charge on any atom is 0.290 e. The highest BCUT2D eigenvalue weighted by atomic mass is 19.1. The highest BCUT2D eigenvalue weighted by Crippen LogP contribution is 2.41. The minimum Gasteiger partial charge on any atom is -0.493 e. The zero-order chi connectivity index (χ0) is 24.4. The van der Waals surface area contributed by atoms with Gasteiger partial charge in [0.1, 0.15) is 11.4 Å². The smallest absolute Gasteiger partial charge is 0.290 e. The van der Waals surface area contributed by atoms with Gasteiger partial charge in [-0.3, -0.25) is 9.59 Å². The molecule has 7 nitrogen and oxygen atoms in total. The highest BCUT2D eigenvalue weighted by molar-refractivity contribution is 5.99. The van der Waals surface area contributed by atoms with Crippen LogP contribution in [0.25, 0.3) is 11.0 Å². The van der Waals surface area contributed by atoms with Gasteiger partial charge < -0.3 is 23.5 Å². The third kappa shape index (κ3) is 4.37. The SMILES string of the molecule is COCCCN1C(=O)c2oc3ccc(F)cc3c(=O)c2C1c1ccc(OCC(C)C)c(OC)c1. The fraction of sp³-hybridized carbons (Fsp3) is 0.385. The van der Waals surface area contributed by atoms with Gasteiger partial charge in [0.15, 0.2) is 16.9 Å². The first kappa shape index (κ1) is 23.8. The van der Waals surface area contributed by atoms with Crippen LogP contribution in [0.3, 0.4) is 0 Å². The quantitative estimate of drug-likeness (QED) is 0.428. The molecule has 3 aromatic rings. The van der Waals surface area contributed by atoms with E-state index in [0.29, 0.717) is 49.2 Å². The summed E-state index contributed by atoms with van der Waals surface area (Å²) in [5.74, 6) is 0.434. The van der Waals surface area contributed by atoms with Crippen molar-refractivity contribution in [1.82, 2.24) is 4.90 Å². The summed E-state index contributed by atoms with van der Waals surface area (Å²) in [5.41, 5.74) is 0.605. The van der Waals surface area contributed by atoms with Crippen molar-refractivity contribution in [3.05, 3.63) is 69.3 Å². The molecule has 1 atom stereocenters. The topological polar surface area (TPSA) is 78.2 Å². The van der Waals surface area contributed by atoms with Gasteiger partial charge in [-0.1, -0.05) is 19.9 Å². The van der Waals surface area contributed by atoms with Crippen LogP contribution >= 0.6 is 0 Å². The molecule has 1 unspecified atom stereocenters. The first-order chi connectivity index (χ1) is 16.3. The van der Waals surface area contributed by atoms with E-state index in [9.17, 15) is 14.0 Å². The van der Waals surface area contributed by atoms with Gasteiger partial charge in [-0.15, -0.1) is 0 Å². The van der Waals surface area contributed by atoms with Crippen molar-refractivity contribution in [2.45, 2.75) is 26.3 Å². The predicted molar refractivity (Wildman–Crippen MR) is 125 cm³/mol. The monoisotopic (exact) mass is 469 g/mol. The third-order valence-electron chi connectivity index (χ3n) is 5.75. The number of carbonyl (C=O) groups excluding carboxylic acids is 1. The zero-order valence-corrected chi connectivity index (χ0v) is 19.7. The van der Waals surface area contributed by atoms with E-state index in [4.69, 9.17) is 18.6 Å². The molecule has 180 valence electrons. The molecule has 2 aromatic carbocycles. The number of hydrogen-bond acceptors (Lipinski definition) is 6. The first-order valence-electron chi connectivity index (χ1n) is 11.2. The lowest BCUT2D eigenvalue weighted by Gasteiger charge is -2.25. The minimum atomic E-state index is -0.712. The molecule has 0 radical (unpaired) electrons. The molecule has 0 aliphatic carbocycles. The van der Waals surface area contributed by atoms with Gasteiger partial charge in [0.05, 0.1) is 30.7 Å². The fourth-order valence-electron chi connectivity index (χ4n) is 4.18. The Balaban J connectivity index is 1.85. The lowest BCUT2D eigenvalue weighted by Crippen LogP contribution is -2.31. The molecule has 0 N–H and O–H groups in total. The molecule has 0 bridgehead atoms. The summed E-state index contributed by atoms with van der Waals surface area (Å²) in [6, 6.07) is 8.34. The molecule has 34 heavy (non-hydrogen) atoms. The number of halogens is 1.